The number of aliphatic hydroxyl groups is 1. The van der Waals surface area contributed by atoms with Crippen LogP contribution in [0.4, 0.5) is 4.79 Å². The Morgan fingerprint density at radius 1 is 1.07 bits per heavy atom. The fraction of sp³-hybridized carbons (Fsp3) is 0.762. The normalized spacial score (nSPS) is 40.4. The summed E-state index contributed by atoms with van der Waals surface area (Å²) in [6, 6.07) is 6.91. The van der Waals surface area contributed by atoms with Crippen molar-refractivity contribution in [1.82, 2.24) is 24.8 Å². The molecule has 17 heteroatoms. The number of hydrogen-bond acceptors (Lipinski definition) is 15. The summed E-state index contributed by atoms with van der Waals surface area (Å²) in [5, 5.41) is 24.7. The first kappa shape index (κ1) is 43.4. The number of aliphatic hydroxyl groups excluding tert-OH is 1. The summed E-state index contributed by atoms with van der Waals surface area (Å²) in [5.74, 6) is -2.30. The van der Waals surface area contributed by atoms with E-state index in [-0.39, 0.29) is 43.9 Å². The lowest BCUT2D eigenvalue weighted by atomic mass is 9.72. The van der Waals surface area contributed by atoms with E-state index in [0.717, 1.165) is 16.7 Å². The van der Waals surface area contributed by atoms with Crippen molar-refractivity contribution in [2.24, 2.45) is 33.8 Å². The Morgan fingerprint density at radius 2 is 1.83 bits per heavy atom. The zero-order valence-corrected chi connectivity index (χ0v) is 36.1. The molecule has 0 radical (unpaired) electrons. The van der Waals surface area contributed by atoms with Crippen LogP contribution in [-0.2, 0) is 44.8 Å². The molecule has 14 atom stereocenters. The molecule has 4 fully saturated rings. The molecule has 2 aromatic rings. The van der Waals surface area contributed by atoms with Gasteiger partial charge in [-0.3, -0.25) is 14.7 Å². The van der Waals surface area contributed by atoms with E-state index in [1.807, 2.05) is 77.9 Å². The molecule has 4 saturated heterocycles. The van der Waals surface area contributed by atoms with Crippen molar-refractivity contribution in [3.8, 4) is 0 Å². The Labute approximate surface area is 346 Å². The Kier molecular flexibility index (Phi) is 12.7. The number of rotatable bonds is 7. The number of cyclic esters (lactones) is 1. The topological polar surface area (TPSA) is 181 Å². The van der Waals surface area contributed by atoms with Crippen LogP contribution in [0.15, 0.2) is 34.4 Å². The van der Waals surface area contributed by atoms with E-state index in [0.29, 0.717) is 38.1 Å². The lowest BCUT2D eigenvalue weighted by Gasteiger charge is -2.48. The molecule has 7 rings (SSSR count). The van der Waals surface area contributed by atoms with Gasteiger partial charge in [0.05, 0.1) is 61.1 Å². The van der Waals surface area contributed by atoms with Crippen molar-refractivity contribution in [3.05, 3.63) is 24.3 Å². The SMILES string of the molecule is CC[C@@H]1OC(=O)[C@H](C)[C@H]2OCC(=NOCn3nnc4ccccc43)CO[C@](C)(C[C@@H](C)C3=NCCN4C(=O)O[C@@]1(C)[C@H]4[C@H]3C)[C@@H](O[C@H]1O[C@@H](C)C[C@@H](N(C)C)[C@@H]1O)[C@@H]2C. The van der Waals surface area contributed by atoms with Crippen molar-refractivity contribution in [3.63, 3.8) is 0 Å². The van der Waals surface area contributed by atoms with E-state index in [1.165, 1.54) is 0 Å². The number of aliphatic imine (C=N–C) groups is 1. The summed E-state index contributed by atoms with van der Waals surface area (Å²) in [5.41, 5.74) is 0.634. The van der Waals surface area contributed by atoms with E-state index < -0.39 is 71.8 Å². The highest BCUT2D eigenvalue weighted by Gasteiger charge is 2.60. The number of oxime groups is 1. The minimum absolute atomic E-state index is 0.00100. The highest BCUT2D eigenvalue weighted by atomic mass is 16.7. The van der Waals surface area contributed by atoms with Gasteiger partial charge in [-0.1, -0.05) is 50.2 Å². The predicted molar refractivity (Wildman–Crippen MR) is 217 cm³/mol. The van der Waals surface area contributed by atoms with Crippen LogP contribution >= 0.6 is 0 Å². The molecule has 6 heterocycles. The zero-order chi connectivity index (χ0) is 42.4. The van der Waals surface area contributed by atoms with Crippen molar-refractivity contribution in [2.45, 2.75) is 141 Å². The third kappa shape index (κ3) is 8.34. The van der Waals surface area contributed by atoms with Crippen LogP contribution < -0.4 is 0 Å². The van der Waals surface area contributed by atoms with Gasteiger partial charge in [-0.15, -0.1) is 5.10 Å². The van der Waals surface area contributed by atoms with Gasteiger partial charge in [-0.2, -0.15) is 0 Å². The van der Waals surface area contributed by atoms with Crippen LogP contribution in [0.2, 0.25) is 0 Å². The molecular formula is C42H63N7O10. The van der Waals surface area contributed by atoms with E-state index in [2.05, 4.69) is 29.3 Å². The number of amides is 1. The van der Waals surface area contributed by atoms with Crippen LogP contribution in [0.25, 0.3) is 11.0 Å². The summed E-state index contributed by atoms with van der Waals surface area (Å²) >= 11 is 0. The number of hydrogen-bond donors (Lipinski definition) is 1. The van der Waals surface area contributed by atoms with E-state index in [1.54, 1.807) is 16.5 Å². The molecule has 0 aliphatic carbocycles. The first-order chi connectivity index (χ1) is 28.1. The number of aromatic nitrogens is 3. The number of likely N-dealkylation sites (N-methyl/N-ethyl adjacent to an activating group) is 1. The minimum atomic E-state index is -1.14. The molecular weight excluding hydrogens is 763 g/mol. The third-order valence-corrected chi connectivity index (χ3v) is 13.3. The molecule has 59 heavy (non-hydrogen) atoms. The summed E-state index contributed by atoms with van der Waals surface area (Å²) < 4.78 is 41.4. The van der Waals surface area contributed by atoms with E-state index in [4.69, 9.17) is 38.3 Å². The van der Waals surface area contributed by atoms with Crippen molar-refractivity contribution < 1.29 is 48.0 Å². The highest BCUT2D eigenvalue weighted by Crippen LogP contribution is 2.45. The van der Waals surface area contributed by atoms with Crippen molar-refractivity contribution in [1.29, 1.82) is 0 Å². The molecule has 1 aromatic carbocycles. The molecule has 17 nitrogen and oxygen atoms in total. The number of para-hydroxylation sites is 1. The van der Waals surface area contributed by atoms with Gasteiger partial charge in [0.15, 0.2) is 11.9 Å². The van der Waals surface area contributed by atoms with Gasteiger partial charge in [0.1, 0.15) is 23.4 Å². The molecule has 4 bridgehead atoms. The van der Waals surface area contributed by atoms with Crippen molar-refractivity contribution in [2.75, 3.05) is 40.4 Å². The van der Waals surface area contributed by atoms with Gasteiger partial charge in [0.2, 0.25) is 6.73 Å². The smallest absolute Gasteiger partial charge is 0.410 e. The molecule has 1 N–H and O–H groups in total. The average Bonchev–Trinajstić information content (AvgIpc) is 3.66. The standard InChI is InChI=1S/C42H63N7O10/c1-11-32-42(8)36-25(4)33(43-16-17-48(36)40(52)59-42)23(2)19-41(7)37(58-39-34(50)31(47(9)10)18-24(3)56-39)26(5)35(27(6)38(51)57-32)53-20-28(21-54-41)45-55-22-49-30-15-13-12-14-29(30)44-46-49/h12-15,23-27,31-32,34-37,39,50H,11,16-22H2,1-10H3/t23-,24+,25+,26-,27-,31-,32+,34+,35+,36-,37+,39-,41-,42-/m1/s1. The fourth-order valence-corrected chi connectivity index (χ4v) is 10.4. The number of ether oxygens (including phenoxy) is 6. The Morgan fingerprint density at radius 3 is 2.58 bits per heavy atom. The van der Waals surface area contributed by atoms with Crippen LogP contribution in [0, 0.1) is 23.7 Å². The summed E-state index contributed by atoms with van der Waals surface area (Å²) in [6.07, 6.45) is -3.52. The molecule has 1 aromatic heterocycles. The van der Waals surface area contributed by atoms with Gasteiger partial charge in [-0.05, 0) is 79.1 Å². The molecule has 5 aliphatic rings. The second kappa shape index (κ2) is 17.3. The fourth-order valence-electron chi connectivity index (χ4n) is 10.4. The predicted octanol–water partition coefficient (Wildman–Crippen LogP) is 4.05. The Hall–Kier alpha value is -3.74. The van der Waals surface area contributed by atoms with Gasteiger partial charge in [0.25, 0.3) is 0 Å². The van der Waals surface area contributed by atoms with Gasteiger partial charge >= 0.3 is 12.1 Å². The summed E-state index contributed by atoms with van der Waals surface area (Å²) in [4.78, 5) is 42.8. The third-order valence-electron chi connectivity index (χ3n) is 13.3. The second-order valence-electron chi connectivity index (χ2n) is 17.9. The number of esters is 1. The minimum Gasteiger partial charge on any atom is -0.458 e. The van der Waals surface area contributed by atoms with Crippen LogP contribution in [0.1, 0.15) is 74.7 Å². The number of carbonyl (C=O) groups excluding carboxylic acids is 2. The van der Waals surface area contributed by atoms with Gasteiger partial charge in [-0.25, -0.2) is 9.48 Å². The molecule has 0 spiro atoms. The van der Waals surface area contributed by atoms with Gasteiger partial charge in [0, 0.05) is 30.1 Å². The molecule has 5 aliphatic heterocycles. The average molecular weight is 826 g/mol. The molecule has 0 saturated carbocycles. The molecule has 326 valence electrons. The van der Waals surface area contributed by atoms with Gasteiger partial charge < -0.3 is 43.3 Å². The lowest BCUT2D eigenvalue weighted by Crippen LogP contribution is -2.60. The molecule has 0 unspecified atom stereocenters. The maximum Gasteiger partial charge on any atom is 0.410 e. The second-order valence-corrected chi connectivity index (χ2v) is 17.9. The maximum atomic E-state index is 14.5. The lowest BCUT2D eigenvalue weighted by molar-refractivity contribution is -0.302. The quantitative estimate of drug-likeness (QED) is 0.312. The summed E-state index contributed by atoms with van der Waals surface area (Å²) in [6.45, 7) is 16.5. The maximum absolute atomic E-state index is 14.5. The van der Waals surface area contributed by atoms with E-state index in [9.17, 15) is 14.7 Å². The first-order valence-electron chi connectivity index (χ1n) is 21.2. The van der Waals surface area contributed by atoms with Crippen LogP contribution in [0.5, 0.6) is 0 Å². The van der Waals surface area contributed by atoms with Crippen molar-refractivity contribution >= 4 is 34.5 Å². The largest absolute Gasteiger partial charge is 0.458 e. The number of carbonyl (C=O) groups is 2. The number of fused-ring (bicyclic) bond motifs is 5. The highest BCUT2D eigenvalue weighted by molar-refractivity contribution is 5.91. The number of nitrogens with zero attached hydrogens (tertiary/aromatic N) is 7. The zero-order valence-electron chi connectivity index (χ0n) is 36.1. The number of benzene rings is 1. The Balaban J connectivity index is 1.31. The van der Waals surface area contributed by atoms with E-state index >= 15 is 0 Å². The monoisotopic (exact) mass is 825 g/mol. The first-order valence-corrected chi connectivity index (χ1v) is 21.2. The van der Waals surface area contributed by atoms with Crippen LogP contribution in [0.3, 0.4) is 0 Å². The Bertz CT molecular complexity index is 1890. The molecule has 1 amide bonds. The summed E-state index contributed by atoms with van der Waals surface area (Å²) in [7, 11) is 3.87. The van der Waals surface area contributed by atoms with Crippen LogP contribution in [-0.4, -0.2) is 154 Å².